The van der Waals surface area contributed by atoms with Gasteiger partial charge in [-0.25, -0.2) is 0 Å². The van der Waals surface area contributed by atoms with Gasteiger partial charge in [-0.1, -0.05) is 12.2 Å². The van der Waals surface area contributed by atoms with Crippen molar-refractivity contribution < 1.29 is 22.7 Å². The number of hydrogen-bond acceptors (Lipinski definition) is 3. The van der Waals surface area contributed by atoms with Crippen molar-refractivity contribution >= 4 is 12.0 Å². The van der Waals surface area contributed by atoms with E-state index in [0.717, 1.165) is 18.2 Å². The summed E-state index contributed by atoms with van der Waals surface area (Å²) in [4.78, 5) is 11.1. The molecule has 1 rings (SSSR count). The predicted octanol–water partition coefficient (Wildman–Crippen LogP) is 3.54. The third kappa shape index (κ3) is 4.43. The van der Waals surface area contributed by atoms with Crippen LogP contribution in [0, 0.1) is 11.3 Å². The molecule has 0 atom stereocenters. The normalized spacial score (nSPS) is 11.3. The average Bonchev–Trinajstić information content (AvgIpc) is 2.38. The lowest BCUT2D eigenvalue weighted by Crippen LogP contribution is -2.05. The molecule has 0 aromatic heterocycles. The maximum absolute atomic E-state index is 12.6. The molecular formula is C14H12F3NO2. The monoisotopic (exact) mass is 283 g/mol. The molecule has 0 amide bonds. The fraction of sp³-hybridized carbons (Fsp3) is 0.286. The fourth-order valence-electron chi connectivity index (χ4n) is 1.48. The number of nitriles is 1. The summed E-state index contributed by atoms with van der Waals surface area (Å²) in [6.07, 6.45) is -1.86. The first-order chi connectivity index (χ1) is 9.38. The van der Waals surface area contributed by atoms with Gasteiger partial charge < -0.3 is 4.74 Å². The lowest BCUT2D eigenvalue weighted by atomic mass is 10.0. The van der Waals surface area contributed by atoms with Crippen molar-refractivity contribution in [1.82, 2.24) is 0 Å². The molecule has 6 heteroatoms. The Morgan fingerprint density at radius 2 is 2.15 bits per heavy atom. The van der Waals surface area contributed by atoms with E-state index in [1.54, 1.807) is 13.0 Å². The van der Waals surface area contributed by atoms with Crippen LogP contribution in [0.15, 0.2) is 24.3 Å². The van der Waals surface area contributed by atoms with Crippen LogP contribution in [0.4, 0.5) is 13.2 Å². The van der Waals surface area contributed by atoms with E-state index in [4.69, 9.17) is 5.26 Å². The van der Waals surface area contributed by atoms with Crippen molar-refractivity contribution in [2.24, 2.45) is 0 Å². The highest BCUT2D eigenvalue weighted by atomic mass is 19.4. The molecule has 0 fully saturated rings. The zero-order valence-electron chi connectivity index (χ0n) is 10.7. The van der Waals surface area contributed by atoms with Crippen LogP contribution in [0.2, 0.25) is 0 Å². The number of carbonyl (C=O) groups excluding carboxylic acids is 1. The topological polar surface area (TPSA) is 50.1 Å². The number of halogens is 3. The summed E-state index contributed by atoms with van der Waals surface area (Å²) in [5.74, 6) is -0.478. The van der Waals surface area contributed by atoms with E-state index < -0.39 is 17.7 Å². The number of benzene rings is 1. The smallest absolute Gasteiger partial charge is 0.416 e. The van der Waals surface area contributed by atoms with Gasteiger partial charge in [-0.2, -0.15) is 18.4 Å². The molecule has 1 aromatic rings. The molecule has 0 saturated heterocycles. The van der Waals surface area contributed by atoms with Gasteiger partial charge in [0.1, 0.15) is 0 Å². The van der Waals surface area contributed by atoms with Gasteiger partial charge in [0.15, 0.2) is 0 Å². The minimum atomic E-state index is -4.47. The van der Waals surface area contributed by atoms with Gasteiger partial charge in [-0.05, 0) is 30.7 Å². The van der Waals surface area contributed by atoms with Gasteiger partial charge in [-0.15, -0.1) is 0 Å². The van der Waals surface area contributed by atoms with Crippen molar-refractivity contribution in [2.45, 2.75) is 19.5 Å². The third-order valence-corrected chi connectivity index (χ3v) is 2.39. The molecule has 0 heterocycles. The van der Waals surface area contributed by atoms with E-state index in [2.05, 4.69) is 4.74 Å². The summed E-state index contributed by atoms with van der Waals surface area (Å²) < 4.78 is 42.4. The van der Waals surface area contributed by atoms with Crippen molar-refractivity contribution in [2.75, 3.05) is 6.61 Å². The lowest BCUT2D eigenvalue weighted by molar-refractivity contribution is -0.142. The van der Waals surface area contributed by atoms with Crippen LogP contribution in [0.5, 0.6) is 0 Å². The van der Waals surface area contributed by atoms with Gasteiger partial charge in [-0.3, -0.25) is 4.79 Å². The zero-order chi connectivity index (χ0) is 15.2. The summed E-state index contributed by atoms with van der Waals surface area (Å²) in [5.41, 5.74) is -0.614. The summed E-state index contributed by atoms with van der Waals surface area (Å²) in [7, 11) is 0. The van der Waals surface area contributed by atoms with Crippen LogP contribution in [0.3, 0.4) is 0 Å². The largest absolute Gasteiger partial charge is 0.466 e. The van der Waals surface area contributed by atoms with E-state index in [0.29, 0.717) is 0 Å². The Hall–Kier alpha value is -2.29. The van der Waals surface area contributed by atoms with Crippen LogP contribution in [0.25, 0.3) is 6.08 Å². The van der Waals surface area contributed by atoms with Crippen molar-refractivity contribution in [3.63, 3.8) is 0 Å². The molecule has 0 saturated carbocycles. The Morgan fingerprint density at radius 1 is 1.45 bits per heavy atom. The summed E-state index contributed by atoms with van der Waals surface area (Å²) in [5, 5.41) is 8.85. The molecule has 0 aliphatic rings. The van der Waals surface area contributed by atoms with Crippen LogP contribution in [-0.4, -0.2) is 12.6 Å². The molecule has 20 heavy (non-hydrogen) atoms. The molecule has 0 radical (unpaired) electrons. The van der Waals surface area contributed by atoms with Crippen LogP contribution >= 0.6 is 0 Å². The highest BCUT2D eigenvalue weighted by molar-refractivity contribution is 5.73. The van der Waals surface area contributed by atoms with E-state index in [1.807, 2.05) is 0 Å². The fourth-order valence-corrected chi connectivity index (χ4v) is 1.48. The van der Waals surface area contributed by atoms with Crippen LogP contribution < -0.4 is 0 Å². The minimum absolute atomic E-state index is 0.0606. The number of ether oxygens (including phenoxy) is 1. The first-order valence-electron chi connectivity index (χ1n) is 5.82. The van der Waals surface area contributed by atoms with Gasteiger partial charge in [0.2, 0.25) is 0 Å². The highest BCUT2D eigenvalue weighted by Gasteiger charge is 2.30. The Kier molecular flexibility index (Phi) is 5.32. The van der Waals surface area contributed by atoms with Crippen molar-refractivity contribution in [3.8, 4) is 6.07 Å². The summed E-state index contributed by atoms with van der Waals surface area (Å²) >= 11 is 0. The van der Waals surface area contributed by atoms with Gasteiger partial charge in [0.05, 0.1) is 30.2 Å². The van der Waals surface area contributed by atoms with Crippen molar-refractivity contribution in [3.05, 3.63) is 41.0 Å². The number of hydrogen-bond donors (Lipinski definition) is 0. The summed E-state index contributed by atoms with van der Waals surface area (Å²) in [6.45, 7) is 1.89. The Bertz CT molecular complexity index is 557. The Balaban J connectivity index is 2.95. The minimum Gasteiger partial charge on any atom is -0.466 e. The van der Waals surface area contributed by atoms with E-state index in [1.165, 1.54) is 12.2 Å². The first kappa shape index (κ1) is 15.8. The second-order valence-electron chi connectivity index (χ2n) is 3.82. The standard InChI is InChI=1S/C14H12F3NO2/c1-2-20-13(19)5-3-4-10-8-12(14(15,16)17)7-6-11(10)9-18/h3-4,6-8H,2,5H2,1H3. The van der Waals surface area contributed by atoms with E-state index in [-0.39, 0.29) is 24.2 Å². The van der Waals surface area contributed by atoms with Crippen LogP contribution in [-0.2, 0) is 15.7 Å². The average molecular weight is 283 g/mol. The number of carbonyl (C=O) groups is 1. The highest BCUT2D eigenvalue weighted by Crippen LogP contribution is 2.30. The molecule has 0 unspecified atom stereocenters. The molecule has 1 aromatic carbocycles. The quantitative estimate of drug-likeness (QED) is 0.794. The number of rotatable bonds is 4. The molecule has 0 bridgehead atoms. The number of nitrogens with zero attached hydrogens (tertiary/aromatic N) is 1. The zero-order valence-corrected chi connectivity index (χ0v) is 10.7. The number of alkyl halides is 3. The second kappa shape index (κ2) is 6.75. The molecular weight excluding hydrogens is 271 g/mol. The molecule has 0 spiro atoms. The predicted molar refractivity (Wildman–Crippen MR) is 66.4 cm³/mol. The van der Waals surface area contributed by atoms with E-state index in [9.17, 15) is 18.0 Å². The Morgan fingerprint density at radius 3 is 2.70 bits per heavy atom. The van der Waals surface area contributed by atoms with Gasteiger partial charge in [0.25, 0.3) is 0 Å². The SMILES string of the molecule is CCOC(=O)CC=Cc1cc(C(F)(F)F)ccc1C#N. The summed E-state index contributed by atoms with van der Waals surface area (Å²) in [6, 6.07) is 4.63. The second-order valence-corrected chi connectivity index (χ2v) is 3.82. The van der Waals surface area contributed by atoms with Crippen LogP contribution in [0.1, 0.15) is 30.0 Å². The van der Waals surface area contributed by atoms with E-state index >= 15 is 0 Å². The lowest BCUT2D eigenvalue weighted by Gasteiger charge is -2.08. The number of esters is 1. The third-order valence-electron chi connectivity index (χ3n) is 2.39. The molecule has 0 aliphatic heterocycles. The van der Waals surface area contributed by atoms with Gasteiger partial charge >= 0.3 is 12.1 Å². The maximum Gasteiger partial charge on any atom is 0.416 e. The Labute approximate surface area is 114 Å². The first-order valence-corrected chi connectivity index (χ1v) is 5.82. The maximum atomic E-state index is 12.6. The molecule has 0 aliphatic carbocycles. The van der Waals surface area contributed by atoms with Crippen molar-refractivity contribution in [1.29, 1.82) is 5.26 Å². The molecule has 0 N–H and O–H groups in total. The molecule has 3 nitrogen and oxygen atoms in total. The van der Waals surface area contributed by atoms with Gasteiger partial charge in [0, 0.05) is 0 Å². The molecule has 106 valence electrons.